The predicted octanol–water partition coefficient (Wildman–Crippen LogP) is 2.51. The molecule has 0 heterocycles. The predicted molar refractivity (Wildman–Crippen MR) is 83.8 cm³/mol. The minimum Gasteiger partial charge on any atom is -0.497 e. The maximum Gasteiger partial charge on any atom is 0.372 e. The van der Waals surface area contributed by atoms with Crippen molar-refractivity contribution < 1.29 is 24.2 Å². The highest BCUT2D eigenvalue weighted by atomic mass is 16.5. The highest BCUT2D eigenvalue weighted by Crippen LogP contribution is 2.21. The van der Waals surface area contributed by atoms with Gasteiger partial charge in [0.15, 0.2) is 5.78 Å². The molecule has 0 saturated carbocycles. The molecule has 0 amide bonds. The van der Waals surface area contributed by atoms with E-state index in [9.17, 15) is 14.4 Å². The Kier molecular flexibility index (Phi) is 5.25. The van der Waals surface area contributed by atoms with E-state index in [1.807, 2.05) is 36.4 Å². The number of methoxy groups -OCH3 is 1. The third kappa shape index (κ3) is 4.51. The summed E-state index contributed by atoms with van der Waals surface area (Å²) in [5, 5.41) is 8.60. The van der Waals surface area contributed by atoms with Gasteiger partial charge in [-0.1, -0.05) is 30.3 Å². The first-order valence-corrected chi connectivity index (χ1v) is 7.01. The third-order valence-electron chi connectivity index (χ3n) is 3.33. The van der Waals surface area contributed by atoms with Crippen LogP contribution in [-0.4, -0.2) is 29.8 Å². The van der Waals surface area contributed by atoms with Gasteiger partial charge < -0.3 is 9.84 Å². The highest BCUT2D eigenvalue weighted by Gasteiger charge is 2.18. The fraction of sp³-hybridized carbons (Fsp3) is 0.167. The number of carbonyl (C=O) groups excluding carboxylic acids is 2. The molecule has 1 N–H and O–H groups in total. The number of hydrogen-bond donors (Lipinski definition) is 1. The maximum absolute atomic E-state index is 12.1. The molecule has 0 saturated heterocycles. The quantitative estimate of drug-likeness (QED) is 0.483. The van der Waals surface area contributed by atoms with Crippen LogP contribution in [0.5, 0.6) is 5.75 Å². The molecule has 0 aliphatic rings. The zero-order valence-electron chi connectivity index (χ0n) is 12.6. The van der Waals surface area contributed by atoms with Crippen molar-refractivity contribution in [3.8, 4) is 5.75 Å². The molecular weight excluding hydrogens is 296 g/mol. The number of hydrogen-bond acceptors (Lipinski definition) is 4. The third-order valence-corrected chi connectivity index (χ3v) is 3.33. The summed E-state index contributed by atoms with van der Waals surface area (Å²) in [6, 6.07) is 14.7. The number of carbonyl (C=O) groups is 3. The molecule has 0 radical (unpaired) electrons. The Morgan fingerprint density at radius 2 is 1.70 bits per heavy atom. The van der Waals surface area contributed by atoms with E-state index in [4.69, 9.17) is 9.84 Å². The fourth-order valence-corrected chi connectivity index (χ4v) is 2.20. The lowest BCUT2D eigenvalue weighted by molar-refractivity contribution is -0.148. The Morgan fingerprint density at radius 3 is 2.30 bits per heavy atom. The Balaban J connectivity index is 2.26. The zero-order chi connectivity index (χ0) is 16.8. The van der Waals surface area contributed by atoms with E-state index < -0.39 is 24.0 Å². The summed E-state index contributed by atoms with van der Waals surface area (Å²) in [6.07, 6.45) is -0.0571. The number of aliphatic carboxylic acids is 1. The minimum absolute atomic E-state index is 0.268. The molecule has 2 rings (SSSR count). The number of ketones is 2. The number of carboxylic acid groups (broad SMARTS) is 1. The molecule has 0 aliphatic heterocycles. The van der Waals surface area contributed by atoms with Crippen molar-refractivity contribution >= 4 is 17.5 Å². The van der Waals surface area contributed by atoms with E-state index in [1.54, 1.807) is 6.07 Å². The monoisotopic (exact) mass is 312 g/mol. The van der Waals surface area contributed by atoms with Crippen LogP contribution in [0, 0.1) is 0 Å². The van der Waals surface area contributed by atoms with Crippen molar-refractivity contribution in [2.75, 3.05) is 7.11 Å². The largest absolute Gasteiger partial charge is 0.497 e. The molecule has 0 unspecified atom stereocenters. The molecule has 23 heavy (non-hydrogen) atoms. The van der Waals surface area contributed by atoms with Crippen LogP contribution in [0.25, 0.3) is 0 Å². The highest BCUT2D eigenvalue weighted by molar-refractivity contribution is 6.37. The normalized spacial score (nSPS) is 10.1. The number of carboxylic acids is 1. The molecule has 5 heteroatoms. The van der Waals surface area contributed by atoms with E-state index in [0.29, 0.717) is 12.2 Å². The molecule has 0 bridgehead atoms. The van der Waals surface area contributed by atoms with Gasteiger partial charge in [-0.2, -0.15) is 0 Å². The first kappa shape index (κ1) is 16.4. The van der Waals surface area contributed by atoms with Crippen LogP contribution < -0.4 is 4.74 Å². The lowest BCUT2D eigenvalue weighted by Gasteiger charge is -2.08. The molecule has 5 nitrogen and oxygen atoms in total. The van der Waals surface area contributed by atoms with Gasteiger partial charge in [0.1, 0.15) is 5.75 Å². The SMILES string of the molecule is COc1cc(Cc2ccccc2)cc(C(=O)CC(=O)C(=O)O)c1. The summed E-state index contributed by atoms with van der Waals surface area (Å²) in [5.41, 5.74) is 2.19. The van der Waals surface area contributed by atoms with Gasteiger partial charge in [0.25, 0.3) is 0 Å². The maximum atomic E-state index is 12.1. The smallest absolute Gasteiger partial charge is 0.372 e. The Bertz CT molecular complexity index is 734. The molecule has 0 aromatic heterocycles. The van der Waals surface area contributed by atoms with E-state index >= 15 is 0 Å². The van der Waals surface area contributed by atoms with E-state index in [-0.39, 0.29) is 5.56 Å². The second-order valence-corrected chi connectivity index (χ2v) is 5.06. The molecule has 0 spiro atoms. The number of ether oxygens (including phenoxy) is 1. The van der Waals surface area contributed by atoms with Crippen LogP contribution in [0.1, 0.15) is 27.9 Å². The van der Waals surface area contributed by atoms with Crippen molar-refractivity contribution in [2.45, 2.75) is 12.8 Å². The first-order valence-electron chi connectivity index (χ1n) is 7.01. The molecule has 0 aliphatic carbocycles. The van der Waals surface area contributed by atoms with Crippen LogP contribution >= 0.6 is 0 Å². The van der Waals surface area contributed by atoms with E-state index in [0.717, 1.165) is 11.1 Å². The molecule has 0 atom stereocenters. The average Bonchev–Trinajstić information content (AvgIpc) is 2.55. The number of rotatable bonds is 7. The van der Waals surface area contributed by atoms with Gasteiger partial charge in [0, 0.05) is 5.56 Å². The fourth-order valence-electron chi connectivity index (χ4n) is 2.20. The molecule has 0 fully saturated rings. The van der Waals surface area contributed by atoms with Gasteiger partial charge in [-0.3, -0.25) is 9.59 Å². The molecule has 2 aromatic carbocycles. The van der Waals surface area contributed by atoms with Crippen LogP contribution in [0.4, 0.5) is 0 Å². The summed E-state index contributed by atoms with van der Waals surface area (Å²) in [6.45, 7) is 0. The standard InChI is InChI=1S/C18H16O5/c1-23-15-9-13(7-12-5-3-2-4-6-12)8-14(10-15)16(19)11-17(20)18(21)22/h2-6,8-10H,7,11H2,1H3,(H,21,22). The molecular formula is C18H16O5. The number of Topliss-reactive ketones (excluding diaryl/α,β-unsaturated/α-hetero) is 2. The van der Waals surface area contributed by atoms with Crippen LogP contribution in [0.15, 0.2) is 48.5 Å². The van der Waals surface area contributed by atoms with Crippen molar-refractivity contribution in [2.24, 2.45) is 0 Å². The second-order valence-electron chi connectivity index (χ2n) is 5.06. The summed E-state index contributed by atoms with van der Waals surface area (Å²) in [4.78, 5) is 33.9. The van der Waals surface area contributed by atoms with Crippen LogP contribution in [0.3, 0.4) is 0 Å². The Hall–Kier alpha value is -2.95. The Morgan fingerprint density at radius 1 is 1.00 bits per heavy atom. The van der Waals surface area contributed by atoms with E-state index in [2.05, 4.69) is 0 Å². The van der Waals surface area contributed by atoms with Gasteiger partial charge >= 0.3 is 5.97 Å². The number of benzene rings is 2. The van der Waals surface area contributed by atoms with Gasteiger partial charge in [0.05, 0.1) is 13.5 Å². The first-order chi connectivity index (χ1) is 11.0. The van der Waals surface area contributed by atoms with Crippen molar-refractivity contribution in [1.82, 2.24) is 0 Å². The molecule has 118 valence electrons. The van der Waals surface area contributed by atoms with Crippen molar-refractivity contribution in [1.29, 1.82) is 0 Å². The summed E-state index contributed by atoms with van der Waals surface area (Å²) in [5.74, 6) is -2.77. The minimum atomic E-state index is -1.61. The van der Waals surface area contributed by atoms with Gasteiger partial charge in [-0.05, 0) is 35.7 Å². The lowest BCUT2D eigenvalue weighted by Crippen LogP contribution is -2.17. The second kappa shape index (κ2) is 7.35. The van der Waals surface area contributed by atoms with Gasteiger partial charge in [0.2, 0.25) is 5.78 Å². The van der Waals surface area contributed by atoms with Crippen molar-refractivity contribution in [3.63, 3.8) is 0 Å². The Labute approximate surface area is 133 Å². The van der Waals surface area contributed by atoms with E-state index in [1.165, 1.54) is 13.2 Å². The zero-order valence-corrected chi connectivity index (χ0v) is 12.6. The summed E-state index contributed by atoms with van der Waals surface area (Å²) in [7, 11) is 1.48. The van der Waals surface area contributed by atoms with Gasteiger partial charge in [-0.25, -0.2) is 4.79 Å². The lowest BCUT2D eigenvalue weighted by atomic mass is 9.99. The van der Waals surface area contributed by atoms with Crippen LogP contribution in [-0.2, 0) is 16.0 Å². The summed E-state index contributed by atoms with van der Waals surface area (Å²) < 4.78 is 5.18. The van der Waals surface area contributed by atoms with Crippen molar-refractivity contribution in [3.05, 3.63) is 65.2 Å². The average molecular weight is 312 g/mol. The molecule has 2 aromatic rings. The topological polar surface area (TPSA) is 80.7 Å². The van der Waals surface area contributed by atoms with Gasteiger partial charge in [-0.15, -0.1) is 0 Å². The van der Waals surface area contributed by atoms with Crippen LogP contribution in [0.2, 0.25) is 0 Å². The summed E-state index contributed by atoms with van der Waals surface area (Å²) >= 11 is 0.